The number of carbonyl (C=O) groups is 1. The molecule has 1 heterocycles. The molecule has 1 aromatic rings. The summed E-state index contributed by atoms with van der Waals surface area (Å²) in [6, 6.07) is 1.55. The van der Waals surface area contributed by atoms with Crippen LogP contribution in [-0.2, 0) is 10.8 Å². The second kappa shape index (κ2) is 5.96. The van der Waals surface area contributed by atoms with E-state index in [1.54, 1.807) is 12.3 Å². The van der Waals surface area contributed by atoms with E-state index in [0.717, 1.165) is 0 Å². The summed E-state index contributed by atoms with van der Waals surface area (Å²) in [5.41, 5.74) is 0.380. The van der Waals surface area contributed by atoms with E-state index in [0.29, 0.717) is 17.1 Å². The van der Waals surface area contributed by atoms with Crippen molar-refractivity contribution in [3.05, 3.63) is 29.0 Å². The van der Waals surface area contributed by atoms with Gasteiger partial charge in [0.1, 0.15) is 0 Å². The van der Waals surface area contributed by atoms with E-state index >= 15 is 0 Å². The van der Waals surface area contributed by atoms with Crippen LogP contribution in [0.5, 0.6) is 0 Å². The maximum Gasteiger partial charge on any atom is 0.252 e. The van der Waals surface area contributed by atoms with Crippen molar-refractivity contribution in [1.29, 1.82) is 0 Å². The SMILES string of the molecule is CC(CNC(=O)c1ccncc1Cl)S(C)=O. The zero-order valence-electron chi connectivity index (χ0n) is 9.07. The number of nitrogens with one attached hydrogen (secondary N) is 1. The Hall–Kier alpha value is -0.940. The topological polar surface area (TPSA) is 59.1 Å². The maximum absolute atomic E-state index is 11.7. The van der Waals surface area contributed by atoms with Crippen LogP contribution in [-0.4, -0.2) is 33.2 Å². The molecule has 0 bridgehead atoms. The van der Waals surface area contributed by atoms with Crippen LogP contribution in [0, 0.1) is 0 Å². The zero-order valence-corrected chi connectivity index (χ0v) is 10.6. The molecule has 0 aromatic carbocycles. The number of carbonyl (C=O) groups excluding carboxylic acids is 1. The number of nitrogens with zero attached hydrogens (tertiary/aromatic N) is 1. The van der Waals surface area contributed by atoms with Crippen molar-refractivity contribution >= 4 is 28.3 Å². The lowest BCUT2D eigenvalue weighted by Crippen LogP contribution is -2.32. The van der Waals surface area contributed by atoms with Gasteiger partial charge in [0.15, 0.2) is 0 Å². The average Bonchev–Trinajstić information content (AvgIpc) is 2.25. The first-order valence-corrected chi connectivity index (χ1v) is 6.72. The van der Waals surface area contributed by atoms with Crippen molar-refractivity contribution in [2.24, 2.45) is 0 Å². The highest BCUT2D eigenvalue weighted by Gasteiger charge is 2.12. The number of amides is 1. The first kappa shape index (κ1) is 13.1. The van der Waals surface area contributed by atoms with Gasteiger partial charge in [-0.1, -0.05) is 11.6 Å². The normalized spacial score (nSPS) is 14.2. The summed E-state index contributed by atoms with van der Waals surface area (Å²) in [5.74, 6) is -0.273. The molecule has 0 aliphatic carbocycles. The Balaban J connectivity index is 2.60. The van der Waals surface area contributed by atoms with Crippen molar-refractivity contribution in [2.75, 3.05) is 12.8 Å². The van der Waals surface area contributed by atoms with Gasteiger partial charge in [-0.2, -0.15) is 0 Å². The van der Waals surface area contributed by atoms with Gasteiger partial charge in [0, 0.05) is 41.2 Å². The number of hydrogen-bond donors (Lipinski definition) is 1. The molecule has 1 aromatic heterocycles. The molecule has 0 aliphatic heterocycles. The van der Waals surface area contributed by atoms with Gasteiger partial charge in [0.05, 0.1) is 10.6 Å². The van der Waals surface area contributed by atoms with E-state index in [2.05, 4.69) is 10.3 Å². The number of rotatable bonds is 4. The van der Waals surface area contributed by atoms with Crippen LogP contribution >= 0.6 is 11.6 Å². The molecule has 88 valence electrons. The molecule has 0 radical (unpaired) electrons. The molecule has 2 atom stereocenters. The Labute approximate surface area is 102 Å². The minimum absolute atomic E-state index is 0.0791. The van der Waals surface area contributed by atoms with Crippen molar-refractivity contribution in [3.8, 4) is 0 Å². The second-order valence-electron chi connectivity index (χ2n) is 3.37. The van der Waals surface area contributed by atoms with Gasteiger partial charge in [0.2, 0.25) is 0 Å². The lowest BCUT2D eigenvalue weighted by Gasteiger charge is -2.10. The second-order valence-corrected chi connectivity index (χ2v) is 5.58. The quantitative estimate of drug-likeness (QED) is 0.886. The summed E-state index contributed by atoms with van der Waals surface area (Å²) in [7, 11) is -0.949. The summed E-state index contributed by atoms with van der Waals surface area (Å²) in [4.78, 5) is 15.5. The van der Waals surface area contributed by atoms with Gasteiger partial charge >= 0.3 is 0 Å². The fourth-order valence-electron chi connectivity index (χ4n) is 1.01. The summed E-state index contributed by atoms with van der Waals surface area (Å²) >= 11 is 5.81. The van der Waals surface area contributed by atoms with Gasteiger partial charge in [-0.3, -0.25) is 14.0 Å². The third-order valence-corrected chi connectivity index (χ3v) is 3.73. The van der Waals surface area contributed by atoms with Crippen molar-refractivity contribution in [3.63, 3.8) is 0 Å². The molecule has 16 heavy (non-hydrogen) atoms. The molecule has 1 rings (SSSR count). The van der Waals surface area contributed by atoms with E-state index in [1.165, 1.54) is 12.4 Å². The highest BCUT2D eigenvalue weighted by Crippen LogP contribution is 2.12. The molecular weight excluding hydrogens is 248 g/mol. The third kappa shape index (κ3) is 3.57. The zero-order chi connectivity index (χ0) is 12.1. The lowest BCUT2D eigenvalue weighted by atomic mass is 10.2. The highest BCUT2D eigenvalue weighted by molar-refractivity contribution is 7.84. The summed E-state index contributed by atoms with van der Waals surface area (Å²) < 4.78 is 11.1. The fourth-order valence-corrected chi connectivity index (χ4v) is 1.53. The van der Waals surface area contributed by atoms with Gasteiger partial charge in [0.25, 0.3) is 5.91 Å². The number of hydrogen-bond acceptors (Lipinski definition) is 3. The van der Waals surface area contributed by atoms with Crippen LogP contribution in [0.3, 0.4) is 0 Å². The van der Waals surface area contributed by atoms with Gasteiger partial charge in [-0.05, 0) is 13.0 Å². The molecule has 1 N–H and O–H groups in total. The molecule has 0 saturated heterocycles. The Bertz CT molecular complexity index is 412. The van der Waals surface area contributed by atoms with E-state index in [-0.39, 0.29) is 11.2 Å². The Morgan fingerprint density at radius 1 is 1.69 bits per heavy atom. The molecule has 2 unspecified atom stereocenters. The van der Waals surface area contributed by atoms with E-state index in [9.17, 15) is 9.00 Å². The summed E-state index contributed by atoms with van der Waals surface area (Å²) in [6.07, 6.45) is 4.52. The maximum atomic E-state index is 11.7. The van der Waals surface area contributed by atoms with Crippen molar-refractivity contribution in [2.45, 2.75) is 12.2 Å². The Kier molecular flexibility index (Phi) is 4.89. The van der Waals surface area contributed by atoms with Gasteiger partial charge in [-0.25, -0.2) is 0 Å². The predicted octanol–water partition coefficient (Wildman–Crippen LogP) is 1.23. The van der Waals surface area contributed by atoms with Crippen LogP contribution in [0.4, 0.5) is 0 Å². The van der Waals surface area contributed by atoms with E-state index in [4.69, 9.17) is 11.6 Å². The molecule has 0 saturated carbocycles. The fraction of sp³-hybridized carbons (Fsp3) is 0.400. The minimum Gasteiger partial charge on any atom is -0.351 e. The van der Waals surface area contributed by atoms with Crippen LogP contribution in [0.1, 0.15) is 17.3 Å². The van der Waals surface area contributed by atoms with Crippen molar-refractivity contribution < 1.29 is 9.00 Å². The van der Waals surface area contributed by atoms with Crippen LogP contribution < -0.4 is 5.32 Å². The molecule has 0 aliphatic rings. The summed E-state index contributed by atoms with van der Waals surface area (Å²) in [5, 5.41) is 2.91. The smallest absolute Gasteiger partial charge is 0.252 e. The Morgan fingerprint density at radius 2 is 2.38 bits per heavy atom. The molecule has 6 heteroatoms. The Morgan fingerprint density at radius 3 is 2.94 bits per heavy atom. The predicted molar refractivity (Wildman–Crippen MR) is 65.1 cm³/mol. The van der Waals surface area contributed by atoms with Gasteiger partial charge < -0.3 is 5.32 Å². The van der Waals surface area contributed by atoms with Crippen LogP contribution in [0.2, 0.25) is 5.02 Å². The van der Waals surface area contributed by atoms with Crippen LogP contribution in [0.15, 0.2) is 18.5 Å². The van der Waals surface area contributed by atoms with Gasteiger partial charge in [-0.15, -0.1) is 0 Å². The van der Waals surface area contributed by atoms with Crippen LogP contribution in [0.25, 0.3) is 0 Å². The first-order valence-electron chi connectivity index (χ1n) is 4.72. The number of pyridine rings is 1. The molecule has 0 fully saturated rings. The number of halogens is 1. The monoisotopic (exact) mass is 260 g/mol. The number of aromatic nitrogens is 1. The summed E-state index contributed by atoms with van der Waals surface area (Å²) in [6.45, 7) is 2.17. The average molecular weight is 261 g/mol. The van der Waals surface area contributed by atoms with Crippen molar-refractivity contribution in [1.82, 2.24) is 10.3 Å². The highest BCUT2D eigenvalue weighted by atomic mass is 35.5. The largest absolute Gasteiger partial charge is 0.351 e. The van der Waals surface area contributed by atoms with E-state index < -0.39 is 10.8 Å². The van der Waals surface area contributed by atoms with E-state index in [1.807, 2.05) is 6.92 Å². The molecule has 4 nitrogen and oxygen atoms in total. The minimum atomic E-state index is -0.949. The molecule has 0 spiro atoms. The third-order valence-electron chi connectivity index (χ3n) is 2.13. The molecule has 1 amide bonds. The first-order chi connectivity index (χ1) is 7.52. The standard InChI is InChI=1S/C10H13ClN2O2S/c1-7(16(2)15)5-13-10(14)8-3-4-12-6-9(8)11/h3-4,6-7H,5H2,1-2H3,(H,13,14). The lowest BCUT2D eigenvalue weighted by molar-refractivity contribution is 0.0954. The molecular formula is C10H13ClN2O2S.